The highest BCUT2D eigenvalue weighted by atomic mass is 32.1. The fourth-order valence-electron chi connectivity index (χ4n) is 1.98. The van der Waals surface area contributed by atoms with Crippen molar-refractivity contribution in [3.05, 3.63) is 69.5 Å². The van der Waals surface area contributed by atoms with Crippen LogP contribution in [0.2, 0.25) is 0 Å². The van der Waals surface area contributed by atoms with Crippen molar-refractivity contribution in [3.63, 3.8) is 0 Å². The quantitative estimate of drug-likeness (QED) is 0.703. The van der Waals surface area contributed by atoms with E-state index in [0.29, 0.717) is 5.39 Å². The summed E-state index contributed by atoms with van der Waals surface area (Å²) in [5.74, 6) is -1.03. The summed E-state index contributed by atoms with van der Waals surface area (Å²) in [7, 11) is 0. The third-order valence-electron chi connectivity index (χ3n) is 2.94. The lowest BCUT2D eigenvalue weighted by atomic mass is 10.2. The van der Waals surface area contributed by atoms with Crippen molar-refractivity contribution in [3.8, 4) is 0 Å². The molecular weight excluding hydrogens is 268 g/mol. The Morgan fingerprint density at radius 3 is 2.84 bits per heavy atom. The summed E-state index contributed by atoms with van der Waals surface area (Å²) in [5.41, 5.74) is -0.0286. The molecule has 19 heavy (non-hydrogen) atoms. The molecule has 2 nitrogen and oxygen atoms in total. The summed E-state index contributed by atoms with van der Waals surface area (Å²) in [5, 5.41) is 2.43. The summed E-state index contributed by atoms with van der Waals surface area (Å²) >= 11 is 1.47. The molecule has 2 aromatic heterocycles. The lowest BCUT2D eigenvalue weighted by molar-refractivity contribution is 0.575. The van der Waals surface area contributed by atoms with Gasteiger partial charge in [-0.05, 0) is 35.7 Å². The molecule has 3 aromatic rings. The Morgan fingerprint density at radius 1 is 1.16 bits per heavy atom. The Balaban J connectivity index is 2.08. The number of aromatic nitrogens is 1. The van der Waals surface area contributed by atoms with Crippen molar-refractivity contribution < 1.29 is 8.78 Å². The van der Waals surface area contributed by atoms with Gasteiger partial charge in [0.15, 0.2) is 0 Å². The maximum absolute atomic E-state index is 13.6. The van der Waals surface area contributed by atoms with Gasteiger partial charge < -0.3 is 4.57 Å². The van der Waals surface area contributed by atoms with E-state index in [2.05, 4.69) is 0 Å². The number of pyridine rings is 1. The van der Waals surface area contributed by atoms with Gasteiger partial charge in [-0.3, -0.25) is 4.79 Å². The van der Waals surface area contributed by atoms with E-state index in [0.717, 1.165) is 22.9 Å². The maximum Gasteiger partial charge on any atom is 0.259 e. The molecule has 0 saturated carbocycles. The number of hydrogen-bond donors (Lipinski definition) is 0. The minimum atomic E-state index is -0.515. The molecule has 0 atom stereocenters. The summed E-state index contributed by atoms with van der Waals surface area (Å²) in [6.45, 7) is 0.0220. The molecule has 96 valence electrons. The minimum absolute atomic E-state index is 0.0220. The van der Waals surface area contributed by atoms with E-state index in [-0.39, 0.29) is 17.7 Å². The van der Waals surface area contributed by atoms with Crippen molar-refractivity contribution >= 4 is 21.4 Å². The fraction of sp³-hybridized carbons (Fsp3) is 0.0714. The van der Waals surface area contributed by atoms with Crippen LogP contribution in [0.4, 0.5) is 8.78 Å². The van der Waals surface area contributed by atoms with E-state index in [1.807, 2.05) is 5.38 Å². The molecule has 0 saturated heterocycles. The van der Waals surface area contributed by atoms with Crippen LogP contribution in [-0.2, 0) is 6.54 Å². The number of rotatable bonds is 2. The highest BCUT2D eigenvalue weighted by Gasteiger charge is 2.08. The van der Waals surface area contributed by atoms with Crippen LogP contribution in [0.1, 0.15) is 5.56 Å². The molecular formula is C14H9F2NOS. The van der Waals surface area contributed by atoms with Crippen LogP contribution < -0.4 is 5.56 Å². The molecule has 0 spiro atoms. The second kappa shape index (κ2) is 4.59. The molecule has 0 N–H and O–H groups in total. The first-order valence-corrected chi connectivity index (χ1v) is 6.54. The van der Waals surface area contributed by atoms with Crippen molar-refractivity contribution in [1.29, 1.82) is 0 Å². The van der Waals surface area contributed by atoms with Crippen LogP contribution >= 0.6 is 11.3 Å². The molecule has 0 amide bonds. The first-order valence-electron chi connectivity index (χ1n) is 5.66. The molecule has 0 radical (unpaired) electrons. The topological polar surface area (TPSA) is 22.0 Å². The second-order valence-electron chi connectivity index (χ2n) is 4.18. The van der Waals surface area contributed by atoms with Gasteiger partial charge in [-0.1, -0.05) is 0 Å². The Kier molecular flexibility index (Phi) is 2.91. The summed E-state index contributed by atoms with van der Waals surface area (Å²) < 4.78 is 28.9. The highest BCUT2D eigenvalue weighted by Crippen LogP contribution is 2.17. The van der Waals surface area contributed by atoms with E-state index in [1.54, 1.807) is 18.3 Å². The Labute approximate surface area is 111 Å². The number of fused-ring (bicyclic) bond motifs is 1. The zero-order chi connectivity index (χ0) is 13.4. The molecule has 0 bridgehead atoms. The Bertz CT molecular complexity index is 807. The van der Waals surface area contributed by atoms with Gasteiger partial charge >= 0.3 is 0 Å². The molecule has 5 heteroatoms. The van der Waals surface area contributed by atoms with Crippen LogP contribution in [0, 0.1) is 11.6 Å². The molecule has 2 heterocycles. The smallest absolute Gasteiger partial charge is 0.259 e. The predicted octanol–water partition coefficient (Wildman–Crippen LogP) is 3.39. The minimum Gasteiger partial charge on any atom is -0.310 e. The molecule has 3 rings (SSSR count). The Hall–Kier alpha value is -2.01. The maximum atomic E-state index is 13.6. The molecule has 0 aliphatic rings. The van der Waals surface area contributed by atoms with Crippen LogP contribution in [0.5, 0.6) is 0 Å². The van der Waals surface area contributed by atoms with E-state index < -0.39 is 11.6 Å². The lowest BCUT2D eigenvalue weighted by Crippen LogP contribution is -2.20. The van der Waals surface area contributed by atoms with Gasteiger partial charge in [-0.15, -0.1) is 11.3 Å². The van der Waals surface area contributed by atoms with E-state index in [9.17, 15) is 13.6 Å². The number of halogens is 2. The first-order chi connectivity index (χ1) is 9.15. The number of nitrogens with zero attached hydrogens (tertiary/aromatic N) is 1. The van der Waals surface area contributed by atoms with Crippen molar-refractivity contribution in [2.24, 2.45) is 0 Å². The summed E-state index contributed by atoms with van der Waals surface area (Å²) in [4.78, 5) is 12.1. The van der Waals surface area contributed by atoms with Crippen molar-refractivity contribution in [2.45, 2.75) is 6.54 Å². The average molecular weight is 277 g/mol. The zero-order valence-corrected chi connectivity index (χ0v) is 10.6. The van der Waals surface area contributed by atoms with Gasteiger partial charge in [0.05, 0.1) is 11.9 Å². The van der Waals surface area contributed by atoms with Crippen LogP contribution in [0.3, 0.4) is 0 Å². The Morgan fingerprint density at radius 2 is 2.00 bits per heavy atom. The third kappa shape index (κ3) is 2.17. The fourth-order valence-corrected chi connectivity index (χ4v) is 2.75. The molecule has 0 unspecified atom stereocenters. The predicted molar refractivity (Wildman–Crippen MR) is 71.5 cm³/mol. The van der Waals surface area contributed by atoms with Gasteiger partial charge in [-0.25, -0.2) is 8.78 Å². The standard InChI is InChI=1S/C14H9F2NOS/c15-10-1-2-12(16)9(7-10)8-17-5-3-13-11(14(17)18)4-6-19-13/h1-7H,8H2. The number of benzene rings is 1. The highest BCUT2D eigenvalue weighted by molar-refractivity contribution is 7.17. The van der Waals surface area contributed by atoms with Gasteiger partial charge in [0, 0.05) is 16.5 Å². The largest absolute Gasteiger partial charge is 0.310 e. The van der Waals surface area contributed by atoms with Crippen LogP contribution in [0.25, 0.3) is 10.1 Å². The molecule has 0 aliphatic heterocycles. The average Bonchev–Trinajstić information content (AvgIpc) is 2.86. The monoisotopic (exact) mass is 277 g/mol. The van der Waals surface area contributed by atoms with Gasteiger partial charge in [0.25, 0.3) is 5.56 Å². The van der Waals surface area contributed by atoms with Gasteiger partial charge in [-0.2, -0.15) is 0 Å². The van der Waals surface area contributed by atoms with E-state index in [1.165, 1.54) is 15.9 Å². The zero-order valence-electron chi connectivity index (χ0n) is 9.77. The summed E-state index contributed by atoms with van der Waals surface area (Å²) in [6.07, 6.45) is 1.60. The van der Waals surface area contributed by atoms with Crippen LogP contribution in [0.15, 0.2) is 46.7 Å². The SMILES string of the molecule is O=c1c2ccsc2ccn1Cc1cc(F)ccc1F. The molecule has 1 aromatic carbocycles. The number of hydrogen-bond acceptors (Lipinski definition) is 2. The third-order valence-corrected chi connectivity index (χ3v) is 3.82. The van der Waals surface area contributed by atoms with E-state index >= 15 is 0 Å². The van der Waals surface area contributed by atoms with Gasteiger partial charge in [0.2, 0.25) is 0 Å². The van der Waals surface area contributed by atoms with Crippen molar-refractivity contribution in [1.82, 2.24) is 4.57 Å². The normalized spacial score (nSPS) is 11.1. The summed E-state index contributed by atoms with van der Waals surface area (Å²) in [6, 6.07) is 6.78. The van der Waals surface area contributed by atoms with E-state index in [4.69, 9.17) is 0 Å². The van der Waals surface area contributed by atoms with Gasteiger partial charge in [0.1, 0.15) is 11.6 Å². The second-order valence-corrected chi connectivity index (χ2v) is 5.13. The van der Waals surface area contributed by atoms with Crippen LogP contribution in [-0.4, -0.2) is 4.57 Å². The first kappa shape index (κ1) is 12.0. The molecule has 0 fully saturated rings. The molecule has 0 aliphatic carbocycles. The van der Waals surface area contributed by atoms with Crippen molar-refractivity contribution in [2.75, 3.05) is 0 Å². The lowest BCUT2D eigenvalue weighted by Gasteiger charge is -2.07. The number of thiophene rings is 1.